The third-order valence-electron chi connectivity index (χ3n) is 3.86. The molecule has 0 amide bonds. The Morgan fingerprint density at radius 3 is 2.61 bits per heavy atom. The second-order valence-corrected chi connectivity index (χ2v) is 6.92. The lowest BCUT2D eigenvalue weighted by atomic mass is 9.70. The molecule has 0 aromatic carbocycles. The van der Waals surface area contributed by atoms with Crippen molar-refractivity contribution >= 4 is 17.7 Å². The molecule has 0 aromatic heterocycles. The number of thioether (sulfide) groups is 1. The summed E-state index contributed by atoms with van der Waals surface area (Å²) in [5, 5.41) is 3.47. The number of likely N-dealkylation sites (N-methyl/N-ethyl adjacent to an activating group) is 1. The molecule has 1 heterocycles. The fraction of sp³-hybridized carbons (Fsp3) is 0.923. The number of nitrogens with zero attached hydrogens (tertiary/aromatic N) is 1. The highest BCUT2D eigenvalue weighted by Crippen LogP contribution is 2.42. The molecule has 1 atom stereocenters. The Bertz CT molecular complexity index is 295. The van der Waals surface area contributed by atoms with Gasteiger partial charge in [-0.15, -0.1) is 0 Å². The van der Waals surface area contributed by atoms with Crippen molar-refractivity contribution in [1.82, 2.24) is 10.2 Å². The Balaban J connectivity index is 2.84. The van der Waals surface area contributed by atoms with Crippen LogP contribution in [0.4, 0.5) is 0 Å². The molecule has 1 saturated heterocycles. The number of hydrogen-bond acceptors (Lipinski definition) is 5. The molecular weight excluding hydrogens is 248 g/mol. The number of rotatable bonds is 5. The molecule has 0 aliphatic carbocycles. The van der Waals surface area contributed by atoms with Gasteiger partial charge >= 0.3 is 5.97 Å². The largest absolute Gasteiger partial charge is 0.468 e. The van der Waals surface area contributed by atoms with Gasteiger partial charge < -0.3 is 9.64 Å². The molecule has 106 valence electrons. The number of esters is 1. The summed E-state index contributed by atoms with van der Waals surface area (Å²) in [4.78, 5) is 14.4. The van der Waals surface area contributed by atoms with Crippen LogP contribution in [0.15, 0.2) is 0 Å². The van der Waals surface area contributed by atoms with Gasteiger partial charge in [0.05, 0.1) is 7.11 Å². The summed E-state index contributed by atoms with van der Waals surface area (Å²) in [6, 6.07) is 0. The maximum absolute atomic E-state index is 12.3. The van der Waals surface area contributed by atoms with Gasteiger partial charge in [0.25, 0.3) is 0 Å². The quantitative estimate of drug-likeness (QED) is 0.763. The van der Waals surface area contributed by atoms with Crippen molar-refractivity contribution in [3.8, 4) is 0 Å². The maximum Gasteiger partial charge on any atom is 0.327 e. The molecule has 0 radical (unpaired) electrons. The van der Waals surface area contributed by atoms with Crippen molar-refractivity contribution in [1.29, 1.82) is 0 Å². The first kappa shape index (κ1) is 15.8. The molecule has 1 aliphatic rings. The monoisotopic (exact) mass is 274 g/mol. The van der Waals surface area contributed by atoms with Crippen molar-refractivity contribution in [2.75, 3.05) is 45.8 Å². The molecule has 1 fully saturated rings. The minimum absolute atomic E-state index is 0.0718. The van der Waals surface area contributed by atoms with E-state index in [0.29, 0.717) is 0 Å². The van der Waals surface area contributed by atoms with Crippen LogP contribution in [-0.4, -0.2) is 62.2 Å². The normalized spacial score (nSPS) is 27.2. The van der Waals surface area contributed by atoms with Gasteiger partial charge in [0.1, 0.15) is 5.54 Å². The fourth-order valence-electron chi connectivity index (χ4n) is 2.33. The zero-order valence-corrected chi connectivity index (χ0v) is 13.0. The SMILES string of the molecule is COC(=O)C1(NCCN(C)C)CSCCC1(C)C. The van der Waals surface area contributed by atoms with Crippen molar-refractivity contribution in [3.63, 3.8) is 0 Å². The highest BCUT2D eigenvalue weighted by atomic mass is 32.2. The van der Waals surface area contributed by atoms with E-state index in [0.717, 1.165) is 31.0 Å². The molecular formula is C13H26N2O2S. The number of nitrogens with one attached hydrogen (secondary N) is 1. The lowest BCUT2D eigenvalue weighted by Crippen LogP contribution is -2.66. The van der Waals surface area contributed by atoms with Gasteiger partial charge in [0.2, 0.25) is 0 Å². The molecule has 1 rings (SSSR count). The van der Waals surface area contributed by atoms with Crippen LogP contribution in [0, 0.1) is 5.41 Å². The van der Waals surface area contributed by atoms with Gasteiger partial charge in [-0.3, -0.25) is 10.1 Å². The summed E-state index contributed by atoms with van der Waals surface area (Å²) in [6.45, 7) is 6.03. The van der Waals surface area contributed by atoms with E-state index in [2.05, 4.69) is 24.1 Å². The molecule has 1 unspecified atom stereocenters. The van der Waals surface area contributed by atoms with Crippen molar-refractivity contribution in [2.45, 2.75) is 25.8 Å². The van der Waals surface area contributed by atoms with E-state index in [4.69, 9.17) is 4.74 Å². The number of hydrogen-bond donors (Lipinski definition) is 1. The molecule has 5 heteroatoms. The second kappa shape index (κ2) is 6.26. The summed E-state index contributed by atoms with van der Waals surface area (Å²) in [5.41, 5.74) is -0.627. The molecule has 1 aliphatic heterocycles. The van der Waals surface area contributed by atoms with Gasteiger partial charge in [0.15, 0.2) is 0 Å². The maximum atomic E-state index is 12.3. The minimum atomic E-state index is -0.555. The van der Waals surface area contributed by atoms with Crippen LogP contribution in [0.25, 0.3) is 0 Å². The molecule has 0 aromatic rings. The van der Waals surface area contributed by atoms with Crippen LogP contribution in [-0.2, 0) is 9.53 Å². The Kier molecular flexibility index (Phi) is 5.49. The van der Waals surface area contributed by atoms with E-state index in [-0.39, 0.29) is 11.4 Å². The molecule has 18 heavy (non-hydrogen) atoms. The highest BCUT2D eigenvalue weighted by molar-refractivity contribution is 7.99. The average Bonchev–Trinajstić information content (AvgIpc) is 2.29. The second-order valence-electron chi connectivity index (χ2n) is 5.81. The predicted molar refractivity (Wildman–Crippen MR) is 77.0 cm³/mol. The standard InChI is InChI=1S/C13H26N2O2S/c1-12(2)6-9-18-10-13(12,11(16)17-5)14-7-8-15(3)4/h14H,6-10H2,1-5H3. The first-order valence-corrected chi connectivity index (χ1v) is 7.57. The predicted octanol–water partition coefficient (Wildman–Crippen LogP) is 1.21. The Hall–Kier alpha value is -0.260. The van der Waals surface area contributed by atoms with Gasteiger partial charge in [-0.25, -0.2) is 0 Å². The van der Waals surface area contributed by atoms with E-state index in [1.54, 1.807) is 0 Å². The van der Waals surface area contributed by atoms with Crippen LogP contribution in [0.1, 0.15) is 20.3 Å². The summed E-state index contributed by atoms with van der Waals surface area (Å²) in [5.74, 6) is 1.78. The fourth-order valence-corrected chi connectivity index (χ4v) is 4.04. The number of carbonyl (C=O) groups is 1. The van der Waals surface area contributed by atoms with E-state index >= 15 is 0 Å². The van der Waals surface area contributed by atoms with Gasteiger partial charge in [-0.1, -0.05) is 13.8 Å². The van der Waals surface area contributed by atoms with E-state index < -0.39 is 5.54 Å². The van der Waals surface area contributed by atoms with E-state index in [1.807, 2.05) is 25.9 Å². The van der Waals surface area contributed by atoms with Crippen molar-refractivity contribution < 1.29 is 9.53 Å². The summed E-state index contributed by atoms with van der Waals surface area (Å²) >= 11 is 1.83. The third-order valence-corrected chi connectivity index (χ3v) is 4.99. The Morgan fingerprint density at radius 1 is 1.44 bits per heavy atom. The summed E-state index contributed by atoms with van der Waals surface area (Å²) < 4.78 is 5.06. The smallest absolute Gasteiger partial charge is 0.327 e. The molecule has 4 nitrogen and oxygen atoms in total. The summed E-state index contributed by atoms with van der Waals surface area (Å²) in [6.07, 6.45) is 1.03. The Labute approximate surface area is 115 Å². The average molecular weight is 274 g/mol. The van der Waals surface area contributed by atoms with Crippen LogP contribution in [0.2, 0.25) is 0 Å². The number of carbonyl (C=O) groups excluding carboxylic acids is 1. The summed E-state index contributed by atoms with van der Waals surface area (Å²) in [7, 11) is 5.55. The van der Waals surface area contributed by atoms with E-state index in [9.17, 15) is 4.79 Å². The zero-order chi connectivity index (χ0) is 13.8. The van der Waals surface area contributed by atoms with E-state index in [1.165, 1.54) is 7.11 Å². The zero-order valence-electron chi connectivity index (χ0n) is 12.2. The first-order chi connectivity index (χ1) is 8.35. The topological polar surface area (TPSA) is 41.6 Å². The number of methoxy groups -OCH3 is 1. The van der Waals surface area contributed by atoms with Crippen LogP contribution < -0.4 is 5.32 Å². The molecule has 0 bridgehead atoms. The van der Waals surface area contributed by atoms with Gasteiger partial charge in [-0.05, 0) is 31.7 Å². The third kappa shape index (κ3) is 3.19. The highest BCUT2D eigenvalue weighted by Gasteiger charge is 2.53. The number of ether oxygens (including phenoxy) is 1. The minimum Gasteiger partial charge on any atom is -0.468 e. The lowest BCUT2D eigenvalue weighted by molar-refractivity contribution is -0.153. The molecule has 1 N–H and O–H groups in total. The van der Waals surface area contributed by atoms with Crippen molar-refractivity contribution in [2.24, 2.45) is 5.41 Å². The van der Waals surface area contributed by atoms with Gasteiger partial charge in [0, 0.05) is 18.8 Å². The Morgan fingerprint density at radius 2 is 2.11 bits per heavy atom. The van der Waals surface area contributed by atoms with Crippen LogP contribution >= 0.6 is 11.8 Å². The molecule has 0 saturated carbocycles. The van der Waals surface area contributed by atoms with Crippen LogP contribution in [0.5, 0.6) is 0 Å². The van der Waals surface area contributed by atoms with Crippen LogP contribution in [0.3, 0.4) is 0 Å². The van der Waals surface area contributed by atoms with Crippen molar-refractivity contribution in [3.05, 3.63) is 0 Å². The first-order valence-electron chi connectivity index (χ1n) is 6.42. The van der Waals surface area contributed by atoms with Gasteiger partial charge in [-0.2, -0.15) is 11.8 Å². The lowest BCUT2D eigenvalue weighted by Gasteiger charge is -2.48. The molecule has 0 spiro atoms.